The van der Waals surface area contributed by atoms with E-state index in [0.29, 0.717) is 24.1 Å². The van der Waals surface area contributed by atoms with Crippen molar-refractivity contribution in [3.05, 3.63) is 29.8 Å². The maximum absolute atomic E-state index is 11.6. The monoisotopic (exact) mass is 259 g/mol. The van der Waals surface area contributed by atoms with Crippen LogP contribution in [0.1, 0.15) is 31.2 Å². The summed E-state index contributed by atoms with van der Waals surface area (Å²) >= 11 is 0. The van der Waals surface area contributed by atoms with Gasteiger partial charge in [-0.15, -0.1) is 12.3 Å². The van der Waals surface area contributed by atoms with Crippen molar-refractivity contribution in [2.45, 2.75) is 32.1 Å². The molecule has 0 spiro atoms. The number of carboxylic acids is 1. The van der Waals surface area contributed by atoms with E-state index in [0.717, 1.165) is 12.8 Å². The molecular formula is C15H17NO3. The van der Waals surface area contributed by atoms with Crippen LogP contribution in [0.5, 0.6) is 0 Å². The lowest BCUT2D eigenvalue weighted by Gasteiger charge is -2.05. The van der Waals surface area contributed by atoms with Crippen LogP contribution < -0.4 is 5.32 Å². The molecule has 100 valence electrons. The molecule has 0 saturated carbocycles. The van der Waals surface area contributed by atoms with E-state index in [1.54, 1.807) is 24.3 Å². The van der Waals surface area contributed by atoms with Gasteiger partial charge in [0.1, 0.15) is 0 Å². The highest BCUT2D eigenvalue weighted by molar-refractivity contribution is 5.90. The van der Waals surface area contributed by atoms with Crippen molar-refractivity contribution in [2.75, 3.05) is 5.32 Å². The Morgan fingerprint density at radius 2 is 1.89 bits per heavy atom. The predicted molar refractivity (Wildman–Crippen MR) is 73.7 cm³/mol. The second kappa shape index (κ2) is 7.93. The Labute approximate surface area is 112 Å². The number of carboxylic acid groups (broad SMARTS) is 1. The first kappa shape index (κ1) is 14.8. The Balaban J connectivity index is 2.38. The SMILES string of the molecule is C#CCCCCC(=O)Nc1ccc(CC(=O)O)cc1. The van der Waals surface area contributed by atoms with Crippen LogP contribution in [0.2, 0.25) is 0 Å². The third-order valence-corrected chi connectivity index (χ3v) is 2.57. The average molecular weight is 259 g/mol. The molecule has 4 nitrogen and oxygen atoms in total. The number of hydrogen-bond donors (Lipinski definition) is 2. The van der Waals surface area contributed by atoms with E-state index in [9.17, 15) is 9.59 Å². The van der Waals surface area contributed by atoms with Gasteiger partial charge in [-0.2, -0.15) is 0 Å². The molecule has 0 atom stereocenters. The maximum atomic E-state index is 11.6. The lowest BCUT2D eigenvalue weighted by atomic mass is 10.1. The van der Waals surface area contributed by atoms with Gasteiger partial charge in [-0.05, 0) is 30.5 Å². The first-order valence-electron chi connectivity index (χ1n) is 6.16. The van der Waals surface area contributed by atoms with Crippen LogP contribution in [0.25, 0.3) is 0 Å². The van der Waals surface area contributed by atoms with E-state index in [1.807, 2.05) is 0 Å². The maximum Gasteiger partial charge on any atom is 0.307 e. The van der Waals surface area contributed by atoms with E-state index in [-0.39, 0.29) is 12.3 Å². The molecule has 0 aromatic heterocycles. The van der Waals surface area contributed by atoms with E-state index in [2.05, 4.69) is 11.2 Å². The van der Waals surface area contributed by atoms with E-state index < -0.39 is 5.97 Å². The van der Waals surface area contributed by atoms with Crippen molar-refractivity contribution in [1.82, 2.24) is 0 Å². The highest BCUT2D eigenvalue weighted by atomic mass is 16.4. The molecular weight excluding hydrogens is 242 g/mol. The van der Waals surface area contributed by atoms with Crippen molar-refractivity contribution in [3.8, 4) is 12.3 Å². The molecule has 0 aliphatic heterocycles. The molecule has 1 amide bonds. The smallest absolute Gasteiger partial charge is 0.307 e. The number of amides is 1. The first-order valence-corrected chi connectivity index (χ1v) is 6.16. The van der Waals surface area contributed by atoms with Crippen LogP contribution in [0.15, 0.2) is 24.3 Å². The second-order valence-electron chi connectivity index (χ2n) is 4.23. The van der Waals surface area contributed by atoms with Gasteiger partial charge in [-0.1, -0.05) is 12.1 Å². The van der Waals surface area contributed by atoms with E-state index in [4.69, 9.17) is 11.5 Å². The lowest BCUT2D eigenvalue weighted by molar-refractivity contribution is -0.136. The Hall–Kier alpha value is -2.28. The summed E-state index contributed by atoms with van der Waals surface area (Å²) in [5.74, 6) is 1.61. The summed E-state index contributed by atoms with van der Waals surface area (Å²) in [4.78, 5) is 22.1. The third kappa shape index (κ3) is 6.27. The van der Waals surface area contributed by atoms with Crippen molar-refractivity contribution in [3.63, 3.8) is 0 Å². The van der Waals surface area contributed by atoms with Gasteiger partial charge in [0, 0.05) is 18.5 Å². The molecule has 1 aromatic rings. The molecule has 0 unspecified atom stereocenters. The summed E-state index contributed by atoms with van der Waals surface area (Å²) in [6, 6.07) is 6.80. The van der Waals surface area contributed by atoms with Crippen LogP contribution in [0.3, 0.4) is 0 Å². The Bertz CT molecular complexity index is 471. The van der Waals surface area contributed by atoms with E-state index >= 15 is 0 Å². The largest absolute Gasteiger partial charge is 0.481 e. The standard InChI is InChI=1S/C15H17NO3/c1-2-3-4-5-6-14(17)16-13-9-7-12(8-10-13)11-15(18)19/h1,7-10H,3-6,11H2,(H,16,17)(H,18,19). The van der Waals surface area contributed by atoms with Crippen LogP contribution in [0, 0.1) is 12.3 Å². The first-order chi connectivity index (χ1) is 9.11. The fourth-order valence-corrected chi connectivity index (χ4v) is 1.62. The summed E-state index contributed by atoms with van der Waals surface area (Å²) in [7, 11) is 0. The van der Waals surface area contributed by atoms with Gasteiger partial charge in [-0.25, -0.2) is 0 Å². The number of carbonyl (C=O) groups excluding carboxylic acids is 1. The topological polar surface area (TPSA) is 66.4 Å². The van der Waals surface area contributed by atoms with Crippen molar-refractivity contribution < 1.29 is 14.7 Å². The van der Waals surface area contributed by atoms with Crippen molar-refractivity contribution in [1.29, 1.82) is 0 Å². The normalized spacial score (nSPS) is 9.63. The Morgan fingerprint density at radius 1 is 1.21 bits per heavy atom. The molecule has 19 heavy (non-hydrogen) atoms. The zero-order valence-corrected chi connectivity index (χ0v) is 10.7. The van der Waals surface area contributed by atoms with Crippen molar-refractivity contribution >= 4 is 17.6 Å². The molecule has 0 saturated heterocycles. The van der Waals surface area contributed by atoms with Crippen LogP contribution in [-0.2, 0) is 16.0 Å². The van der Waals surface area contributed by atoms with Gasteiger partial charge in [0.2, 0.25) is 5.91 Å². The van der Waals surface area contributed by atoms with Gasteiger partial charge >= 0.3 is 5.97 Å². The fraction of sp³-hybridized carbons (Fsp3) is 0.333. The summed E-state index contributed by atoms with van der Waals surface area (Å²) in [5.41, 5.74) is 1.38. The van der Waals surface area contributed by atoms with Gasteiger partial charge in [-0.3, -0.25) is 9.59 Å². The molecule has 1 rings (SSSR count). The number of aliphatic carboxylic acids is 1. The molecule has 0 aliphatic carbocycles. The number of nitrogens with one attached hydrogen (secondary N) is 1. The zero-order chi connectivity index (χ0) is 14.1. The minimum Gasteiger partial charge on any atom is -0.481 e. The summed E-state index contributed by atoms with van der Waals surface area (Å²) in [6.45, 7) is 0. The number of rotatable bonds is 7. The number of unbranched alkanes of at least 4 members (excludes halogenated alkanes) is 2. The van der Waals surface area contributed by atoms with Crippen LogP contribution >= 0.6 is 0 Å². The highest BCUT2D eigenvalue weighted by Gasteiger charge is 2.03. The molecule has 0 heterocycles. The predicted octanol–water partition coefficient (Wildman–Crippen LogP) is 2.45. The Kier molecular flexibility index (Phi) is 6.17. The summed E-state index contributed by atoms with van der Waals surface area (Å²) in [5, 5.41) is 11.4. The highest BCUT2D eigenvalue weighted by Crippen LogP contribution is 2.11. The van der Waals surface area contributed by atoms with Crippen LogP contribution in [0.4, 0.5) is 5.69 Å². The molecule has 0 aliphatic rings. The number of carbonyl (C=O) groups is 2. The third-order valence-electron chi connectivity index (χ3n) is 2.57. The molecule has 4 heteroatoms. The molecule has 0 radical (unpaired) electrons. The van der Waals surface area contributed by atoms with Gasteiger partial charge in [0.15, 0.2) is 0 Å². The fourth-order valence-electron chi connectivity index (χ4n) is 1.62. The van der Waals surface area contributed by atoms with Gasteiger partial charge < -0.3 is 10.4 Å². The summed E-state index contributed by atoms with van der Waals surface area (Å²) < 4.78 is 0. The van der Waals surface area contributed by atoms with Gasteiger partial charge in [0.05, 0.1) is 6.42 Å². The second-order valence-corrected chi connectivity index (χ2v) is 4.23. The number of hydrogen-bond acceptors (Lipinski definition) is 2. The minimum atomic E-state index is -0.870. The number of anilines is 1. The molecule has 0 fully saturated rings. The molecule has 1 aromatic carbocycles. The van der Waals surface area contributed by atoms with E-state index in [1.165, 1.54) is 0 Å². The number of benzene rings is 1. The molecule has 2 N–H and O–H groups in total. The Morgan fingerprint density at radius 3 is 2.47 bits per heavy atom. The zero-order valence-electron chi connectivity index (χ0n) is 10.7. The number of terminal acetylenes is 1. The van der Waals surface area contributed by atoms with Crippen LogP contribution in [-0.4, -0.2) is 17.0 Å². The van der Waals surface area contributed by atoms with Gasteiger partial charge in [0.25, 0.3) is 0 Å². The lowest BCUT2D eigenvalue weighted by Crippen LogP contribution is -2.11. The average Bonchev–Trinajstić information content (AvgIpc) is 2.36. The quantitative estimate of drug-likeness (QED) is 0.584. The van der Waals surface area contributed by atoms with Crippen molar-refractivity contribution in [2.24, 2.45) is 0 Å². The summed E-state index contributed by atoms with van der Waals surface area (Å²) in [6.07, 6.45) is 7.87. The minimum absolute atomic E-state index is 0.0136. The molecule has 0 bridgehead atoms.